The van der Waals surface area contributed by atoms with Crippen molar-refractivity contribution in [2.24, 2.45) is 5.92 Å². The highest BCUT2D eigenvalue weighted by atomic mass is 16.6. The number of benzene rings is 1. The first-order chi connectivity index (χ1) is 10.5. The SMILES string of the molecule is CNOC.COC(=O)C1CC(=O)N(Cc2ccc(C)cc2)C1. The number of hydroxylamine groups is 1. The smallest absolute Gasteiger partial charge is 0.310 e. The van der Waals surface area contributed by atoms with E-state index in [0.29, 0.717) is 13.1 Å². The summed E-state index contributed by atoms with van der Waals surface area (Å²) in [5.41, 5.74) is 4.71. The second-order valence-corrected chi connectivity index (χ2v) is 5.09. The third-order valence-electron chi connectivity index (χ3n) is 3.45. The lowest BCUT2D eigenvalue weighted by atomic mass is 10.1. The quantitative estimate of drug-likeness (QED) is 0.670. The molecule has 6 heteroatoms. The molecule has 1 heterocycles. The van der Waals surface area contributed by atoms with Crippen LogP contribution in [0.4, 0.5) is 0 Å². The van der Waals surface area contributed by atoms with Gasteiger partial charge in [-0.25, -0.2) is 5.48 Å². The zero-order valence-corrected chi connectivity index (χ0v) is 13.6. The third kappa shape index (κ3) is 5.46. The van der Waals surface area contributed by atoms with E-state index in [0.717, 1.165) is 5.56 Å². The van der Waals surface area contributed by atoms with Crippen LogP contribution in [0.15, 0.2) is 24.3 Å². The Hall–Kier alpha value is -1.92. The van der Waals surface area contributed by atoms with E-state index >= 15 is 0 Å². The highest BCUT2D eigenvalue weighted by Gasteiger charge is 2.34. The largest absolute Gasteiger partial charge is 0.469 e. The monoisotopic (exact) mass is 308 g/mol. The van der Waals surface area contributed by atoms with E-state index in [1.54, 1.807) is 19.1 Å². The Morgan fingerprint density at radius 3 is 2.41 bits per heavy atom. The van der Waals surface area contributed by atoms with Crippen molar-refractivity contribution in [1.82, 2.24) is 10.4 Å². The van der Waals surface area contributed by atoms with E-state index < -0.39 is 0 Å². The molecular weight excluding hydrogens is 284 g/mol. The molecule has 6 nitrogen and oxygen atoms in total. The van der Waals surface area contributed by atoms with Crippen LogP contribution in [0, 0.1) is 12.8 Å². The Morgan fingerprint density at radius 2 is 1.91 bits per heavy atom. The standard InChI is InChI=1S/C14H17NO3.C2H7NO/c1-10-3-5-11(6-4-10)8-15-9-12(7-13(15)16)14(17)18-2;1-3-4-2/h3-6,12H,7-9H2,1-2H3;3H,1-2H3. The summed E-state index contributed by atoms with van der Waals surface area (Å²) in [6.07, 6.45) is 0.262. The van der Waals surface area contributed by atoms with E-state index in [1.165, 1.54) is 12.7 Å². The normalized spacial score (nSPS) is 17.0. The average molecular weight is 308 g/mol. The zero-order valence-electron chi connectivity index (χ0n) is 13.6. The number of carbonyl (C=O) groups is 2. The molecule has 0 saturated carbocycles. The fourth-order valence-electron chi connectivity index (χ4n) is 2.16. The van der Waals surface area contributed by atoms with Crippen LogP contribution in [0.5, 0.6) is 0 Å². The van der Waals surface area contributed by atoms with Crippen LogP contribution >= 0.6 is 0 Å². The Bertz CT molecular complexity index is 485. The van der Waals surface area contributed by atoms with Gasteiger partial charge in [0.25, 0.3) is 0 Å². The van der Waals surface area contributed by atoms with Gasteiger partial charge in [-0.15, -0.1) is 0 Å². The van der Waals surface area contributed by atoms with Gasteiger partial charge >= 0.3 is 5.97 Å². The van der Waals surface area contributed by atoms with Crippen LogP contribution in [0.1, 0.15) is 17.5 Å². The van der Waals surface area contributed by atoms with Gasteiger partial charge in [0.15, 0.2) is 0 Å². The molecule has 1 aliphatic heterocycles. The lowest BCUT2D eigenvalue weighted by Crippen LogP contribution is -2.26. The van der Waals surface area contributed by atoms with Gasteiger partial charge in [-0.3, -0.25) is 9.59 Å². The molecule has 1 saturated heterocycles. The highest BCUT2D eigenvalue weighted by Crippen LogP contribution is 2.21. The van der Waals surface area contributed by atoms with E-state index in [2.05, 4.69) is 15.1 Å². The van der Waals surface area contributed by atoms with Crippen molar-refractivity contribution in [3.05, 3.63) is 35.4 Å². The van der Waals surface area contributed by atoms with Gasteiger partial charge in [0.05, 0.1) is 20.1 Å². The summed E-state index contributed by atoms with van der Waals surface area (Å²) in [6.45, 7) is 3.05. The second kappa shape index (κ2) is 9.17. The molecule has 22 heavy (non-hydrogen) atoms. The van der Waals surface area contributed by atoms with E-state index in [-0.39, 0.29) is 24.2 Å². The molecule has 1 fully saturated rings. The van der Waals surface area contributed by atoms with Crippen molar-refractivity contribution in [2.45, 2.75) is 19.9 Å². The van der Waals surface area contributed by atoms with Crippen LogP contribution in [0.2, 0.25) is 0 Å². The fraction of sp³-hybridized carbons (Fsp3) is 0.500. The summed E-state index contributed by atoms with van der Waals surface area (Å²) in [6, 6.07) is 8.06. The summed E-state index contributed by atoms with van der Waals surface area (Å²) in [4.78, 5) is 29.2. The number of aryl methyl sites for hydroxylation is 1. The molecule has 1 aromatic rings. The molecule has 0 spiro atoms. The molecule has 0 aliphatic carbocycles. The number of amides is 1. The first-order valence-corrected chi connectivity index (χ1v) is 7.12. The molecule has 1 aromatic carbocycles. The summed E-state index contributed by atoms with van der Waals surface area (Å²) in [5, 5.41) is 0. The number of nitrogens with one attached hydrogen (secondary N) is 1. The molecule has 2 rings (SSSR count). The van der Waals surface area contributed by atoms with Gasteiger partial charge in [-0.2, -0.15) is 0 Å². The van der Waals surface area contributed by atoms with Crippen LogP contribution < -0.4 is 5.48 Å². The number of carbonyl (C=O) groups excluding carboxylic acids is 2. The fourth-order valence-corrected chi connectivity index (χ4v) is 2.16. The number of esters is 1. The second-order valence-electron chi connectivity index (χ2n) is 5.09. The van der Waals surface area contributed by atoms with E-state index in [4.69, 9.17) is 0 Å². The van der Waals surface area contributed by atoms with Crippen molar-refractivity contribution < 1.29 is 19.2 Å². The van der Waals surface area contributed by atoms with Gasteiger partial charge in [-0.05, 0) is 12.5 Å². The molecule has 122 valence electrons. The minimum Gasteiger partial charge on any atom is -0.469 e. The lowest BCUT2D eigenvalue weighted by Gasteiger charge is -2.16. The molecule has 1 aliphatic rings. The Labute approximate surface area is 131 Å². The molecule has 1 unspecified atom stereocenters. The zero-order chi connectivity index (χ0) is 16.5. The maximum Gasteiger partial charge on any atom is 0.310 e. The van der Waals surface area contributed by atoms with Crippen LogP contribution in [0.25, 0.3) is 0 Å². The summed E-state index contributed by atoms with van der Waals surface area (Å²) in [7, 11) is 4.63. The summed E-state index contributed by atoms with van der Waals surface area (Å²) in [5.74, 6) is -0.589. The van der Waals surface area contributed by atoms with Crippen molar-refractivity contribution in [3.8, 4) is 0 Å². The van der Waals surface area contributed by atoms with E-state index in [1.807, 2.05) is 31.2 Å². The van der Waals surface area contributed by atoms with Gasteiger partial charge in [0, 0.05) is 26.6 Å². The van der Waals surface area contributed by atoms with Crippen molar-refractivity contribution >= 4 is 11.9 Å². The number of hydrogen-bond donors (Lipinski definition) is 1. The predicted octanol–water partition coefficient (Wildman–Crippen LogP) is 1.28. The van der Waals surface area contributed by atoms with Crippen molar-refractivity contribution in [1.29, 1.82) is 0 Å². The van der Waals surface area contributed by atoms with Gasteiger partial charge in [0.1, 0.15) is 0 Å². The number of nitrogens with zero attached hydrogens (tertiary/aromatic N) is 1. The molecule has 0 radical (unpaired) electrons. The van der Waals surface area contributed by atoms with Crippen molar-refractivity contribution in [2.75, 3.05) is 27.8 Å². The van der Waals surface area contributed by atoms with Crippen LogP contribution in [0.3, 0.4) is 0 Å². The maximum absolute atomic E-state index is 11.8. The molecule has 0 bridgehead atoms. The van der Waals surface area contributed by atoms with E-state index in [9.17, 15) is 9.59 Å². The summed E-state index contributed by atoms with van der Waals surface area (Å²) >= 11 is 0. The number of rotatable bonds is 4. The van der Waals surface area contributed by atoms with Crippen molar-refractivity contribution in [3.63, 3.8) is 0 Å². The van der Waals surface area contributed by atoms with Gasteiger partial charge < -0.3 is 14.5 Å². The highest BCUT2D eigenvalue weighted by molar-refractivity contribution is 5.86. The minimum atomic E-state index is -0.312. The lowest BCUT2D eigenvalue weighted by molar-refractivity contribution is -0.145. The van der Waals surface area contributed by atoms with Crippen LogP contribution in [-0.2, 0) is 25.7 Å². The topological polar surface area (TPSA) is 67.9 Å². The van der Waals surface area contributed by atoms with Gasteiger partial charge in [0.2, 0.25) is 5.91 Å². The van der Waals surface area contributed by atoms with Crippen LogP contribution in [-0.4, -0.2) is 44.6 Å². The first kappa shape index (κ1) is 18.1. The predicted molar refractivity (Wildman–Crippen MR) is 82.8 cm³/mol. The molecule has 1 atom stereocenters. The number of likely N-dealkylation sites (tertiary alicyclic amines) is 1. The maximum atomic E-state index is 11.8. The first-order valence-electron chi connectivity index (χ1n) is 7.12. The molecule has 0 aromatic heterocycles. The number of ether oxygens (including phenoxy) is 1. The number of methoxy groups -OCH3 is 1. The Kier molecular flexibility index (Phi) is 7.56. The molecule has 1 amide bonds. The number of hydrogen-bond acceptors (Lipinski definition) is 5. The Morgan fingerprint density at radius 1 is 1.32 bits per heavy atom. The molecule has 1 N–H and O–H groups in total. The summed E-state index contributed by atoms with van der Waals surface area (Å²) < 4.78 is 4.68. The molecular formula is C16H24N2O4. The third-order valence-corrected chi connectivity index (χ3v) is 3.45. The van der Waals surface area contributed by atoms with Gasteiger partial charge in [-0.1, -0.05) is 29.8 Å². The minimum absolute atomic E-state index is 0.0194. The Balaban J connectivity index is 0.000000541. The average Bonchev–Trinajstić information content (AvgIpc) is 2.90.